The number of hydrogen-bond donors (Lipinski definition) is 1. The van der Waals surface area contributed by atoms with Gasteiger partial charge in [-0.15, -0.1) is 0 Å². The van der Waals surface area contributed by atoms with Gasteiger partial charge in [-0.1, -0.05) is 30.3 Å². The van der Waals surface area contributed by atoms with Gasteiger partial charge in [-0.2, -0.15) is 0 Å². The first-order valence-corrected chi connectivity index (χ1v) is 11.1. The van der Waals surface area contributed by atoms with Gasteiger partial charge in [0.15, 0.2) is 0 Å². The summed E-state index contributed by atoms with van der Waals surface area (Å²) >= 11 is 0. The lowest BCUT2D eigenvalue weighted by atomic mass is 9.77. The van der Waals surface area contributed by atoms with Gasteiger partial charge in [0.05, 0.1) is 31.1 Å². The average Bonchev–Trinajstić information content (AvgIpc) is 2.77. The van der Waals surface area contributed by atoms with Crippen LogP contribution in [-0.2, 0) is 14.8 Å². The maximum Gasteiger partial charge on any atom is 0.238 e. The number of benzene rings is 3. The Labute approximate surface area is 181 Å². The van der Waals surface area contributed by atoms with E-state index in [1.807, 2.05) is 42.5 Å². The fraction of sp³-hybridized carbons (Fsp3) is 0.174. The number of rotatable bonds is 6. The van der Waals surface area contributed by atoms with Crippen molar-refractivity contribution in [3.05, 3.63) is 83.9 Å². The number of nitrogens with zero attached hydrogens (tertiary/aromatic N) is 1. The molecule has 1 aliphatic heterocycles. The molecule has 0 aromatic heterocycles. The minimum Gasteiger partial charge on any atom is -0.497 e. The summed E-state index contributed by atoms with van der Waals surface area (Å²) in [6.45, 7) is 0. The lowest BCUT2D eigenvalue weighted by molar-refractivity contribution is -0.126. The first-order chi connectivity index (χ1) is 14.8. The van der Waals surface area contributed by atoms with Crippen molar-refractivity contribution in [2.24, 2.45) is 5.14 Å². The zero-order chi connectivity index (χ0) is 22.2. The summed E-state index contributed by atoms with van der Waals surface area (Å²) in [5.41, 5.74) is 2.30. The van der Waals surface area contributed by atoms with Crippen LogP contribution in [0, 0.1) is 0 Å². The minimum absolute atomic E-state index is 0.0117. The molecule has 1 aliphatic rings. The first-order valence-electron chi connectivity index (χ1n) is 9.58. The fourth-order valence-corrected chi connectivity index (χ4v) is 4.46. The Bertz CT molecular complexity index is 1210. The molecule has 2 N–H and O–H groups in total. The summed E-state index contributed by atoms with van der Waals surface area (Å²) in [6, 6.07) is 20.7. The maximum absolute atomic E-state index is 13.3. The molecule has 0 aliphatic carbocycles. The Morgan fingerprint density at radius 2 is 1.58 bits per heavy atom. The third-order valence-electron chi connectivity index (χ3n) is 5.46. The van der Waals surface area contributed by atoms with Gasteiger partial charge >= 0.3 is 0 Å². The number of methoxy groups -OCH3 is 2. The monoisotopic (exact) mass is 438 g/mol. The molecule has 7 nitrogen and oxygen atoms in total. The second kappa shape index (κ2) is 8.05. The number of β-lactam (4-membered cyclic amide) rings is 1. The Morgan fingerprint density at radius 3 is 2.16 bits per heavy atom. The van der Waals surface area contributed by atoms with E-state index in [-0.39, 0.29) is 16.8 Å². The Balaban J connectivity index is 1.81. The predicted molar refractivity (Wildman–Crippen MR) is 117 cm³/mol. The van der Waals surface area contributed by atoms with Crippen LogP contribution >= 0.6 is 0 Å². The molecule has 1 saturated heterocycles. The van der Waals surface area contributed by atoms with Crippen molar-refractivity contribution < 1.29 is 22.7 Å². The SMILES string of the molecule is COc1ccc([C@H]2[C@H](c3ccccc3)C(=O)N2c2ccc(S(N)(=O)=O)cc2)c(OC)c1. The summed E-state index contributed by atoms with van der Waals surface area (Å²) < 4.78 is 34.1. The highest BCUT2D eigenvalue weighted by molar-refractivity contribution is 7.89. The van der Waals surface area contributed by atoms with E-state index >= 15 is 0 Å². The van der Waals surface area contributed by atoms with E-state index in [9.17, 15) is 13.2 Å². The van der Waals surface area contributed by atoms with E-state index in [2.05, 4.69) is 0 Å². The molecule has 3 aromatic carbocycles. The first kappa shape index (κ1) is 20.9. The number of carbonyl (C=O) groups is 1. The van der Waals surface area contributed by atoms with Crippen LogP contribution in [0.5, 0.6) is 11.5 Å². The smallest absolute Gasteiger partial charge is 0.238 e. The van der Waals surface area contributed by atoms with Crippen LogP contribution in [-0.4, -0.2) is 28.5 Å². The molecule has 31 heavy (non-hydrogen) atoms. The molecular formula is C23H22N2O5S. The fourth-order valence-electron chi connectivity index (χ4n) is 3.94. The summed E-state index contributed by atoms with van der Waals surface area (Å²) in [7, 11) is -0.675. The topological polar surface area (TPSA) is 98.9 Å². The molecule has 0 radical (unpaired) electrons. The molecular weight excluding hydrogens is 416 g/mol. The van der Waals surface area contributed by atoms with Crippen molar-refractivity contribution in [2.45, 2.75) is 16.9 Å². The van der Waals surface area contributed by atoms with Crippen molar-refractivity contribution in [3.8, 4) is 11.5 Å². The standard InChI is InChI=1S/C23H22N2O5S/c1-29-17-10-13-19(20(14-17)30-2)22-21(15-6-4-3-5-7-15)23(26)25(22)16-8-11-18(12-9-16)31(24,27)28/h3-14,21-22H,1-2H3,(H2,24,27,28)/t21-,22-/m0/s1. The van der Waals surface area contributed by atoms with Crippen LogP contribution < -0.4 is 19.5 Å². The molecule has 1 heterocycles. The molecule has 2 atom stereocenters. The minimum atomic E-state index is -3.82. The molecule has 0 bridgehead atoms. The summed E-state index contributed by atoms with van der Waals surface area (Å²) in [4.78, 5) is 14.9. The van der Waals surface area contributed by atoms with Gasteiger partial charge in [-0.05, 0) is 42.0 Å². The van der Waals surface area contributed by atoms with Gasteiger partial charge in [0.1, 0.15) is 11.5 Å². The molecule has 3 aromatic rings. The van der Waals surface area contributed by atoms with Crippen LogP contribution in [0.3, 0.4) is 0 Å². The lowest BCUT2D eigenvalue weighted by Crippen LogP contribution is -2.53. The van der Waals surface area contributed by atoms with E-state index in [1.165, 1.54) is 12.1 Å². The van der Waals surface area contributed by atoms with Gasteiger partial charge in [-0.25, -0.2) is 13.6 Å². The van der Waals surface area contributed by atoms with Gasteiger partial charge in [0.2, 0.25) is 15.9 Å². The molecule has 1 amide bonds. The lowest BCUT2D eigenvalue weighted by Gasteiger charge is -2.48. The normalized spacial score (nSPS) is 18.4. The van der Waals surface area contributed by atoms with Gasteiger partial charge in [0, 0.05) is 17.3 Å². The van der Waals surface area contributed by atoms with E-state index in [4.69, 9.17) is 14.6 Å². The second-order valence-electron chi connectivity index (χ2n) is 7.19. The highest BCUT2D eigenvalue weighted by atomic mass is 32.2. The van der Waals surface area contributed by atoms with Crippen LogP contribution in [0.4, 0.5) is 5.69 Å². The largest absolute Gasteiger partial charge is 0.497 e. The van der Waals surface area contributed by atoms with Crippen LogP contribution in [0.25, 0.3) is 0 Å². The average molecular weight is 439 g/mol. The molecule has 4 rings (SSSR count). The summed E-state index contributed by atoms with van der Waals surface area (Å²) in [6.07, 6.45) is 0. The number of ether oxygens (including phenoxy) is 2. The van der Waals surface area contributed by atoms with Crippen molar-refractivity contribution in [1.82, 2.24) is 0 Å². The zero-order valence-electron chi connectivity index (χ0n) is 17.1. The quantitative estimate of drug-likeness (QED) is 0.596. The van der Waals surface area contributed by atoms with E-state index < -0.39 is 15.9 Å². The second-order valence-corrected chi connectivity index (χ2v) is 8.75. The molecule has 1 fully saturated rings. The Hall–Kier alpha value is -3.36. The summed E-state index contributed by atoms with van der Waals surface area (Å²) in [5.74, 6) is 0.759. The molecule has 160 valence electrons. The maximum atomic E-state index is 13.3. The van der Waals surface area contributed by atoms with Crippen LogP contribution in [0.2, 0.25) is 0 Å². The van der Waals surface area contributed by atoms with Gasteiger partial charge < -0.3 is 14.4 Å². The highest BCUT2D eigenvalue weighted by Crippen LogP contribution is 2.51. The number of nitrogens with two attached hydrogens (primary N) is 1. The van der Waals surface area contributed by atoms with Crippen molar-refractivity contribution in [3.63, 3.8) is 0 Å². The Kier molecular flexibility index (Phi) is 5.43. The van der Waals surface area contributed by atoms with Crippen molar-refractivity contribution in [2.75, 3.05) is 19.1 Å². The molecule has 0 spiro atoms. The number of sulfonamides is 1. The van der Waals surface area contributed by atoms with E-state index in [1.54, 1.807) is 37.3 Å². The number of anilines is 1. The van der Waals surface area contributed by atoms with Gasteiger partial charge in [0.25, 0.3) is 0 Å². The van der Waals surface area contributed by atoms with Crippen LogP contribution in [0.15, 0.2) is 77.7 Å². The number of primary sulfonamides is 1. The van der Waals surface area contributed by atoms with Crippen molar-refractivity contribution >= 4 is 21.6 Å². The number of amides is 1. The van der Waals surface area contributed by atoms with Gasteiger partial charge in [-0.3, -0.25) is 4.79 Å². The number of carbonyl (C=O) groups excluding carboxylic acids is 1. The van der Waals surface area contributed by atoms with E-state index in [0.717, 1.165) is 11.1 Å². The van der Waals surface area contributed by atoms with E-state index in [0.29, 0.717) is 17.2 Å². The van der Waals surface area contributed by atoms with Crippen LogP contribution in [0.1, 0.15) is 23.1 Å². The molecule has 8 heteroatoms. The number of hydrogen-bond acceptors (Lipinski definition) is 5. The molecule has 0 saturated carbocycles. The predicted octanol–water partition coefficient (Wildman–Crippen LogP) is 3.22. The zero-order valence-corrected chi connectivity index (χ0v) is 17.9. The summed E-state index contributed by atoms with van der Waals surface area (Å²) in [5, 5.41) is 5.20. The third-order valence-corrected chi connectivity index (χ3v) is 6.39. The highest BCUT2D eigenvalue weighted by Gasteiger charge is 2.50. The third kappa shape index (κ3) is 3.75. The van der Waals surface area contributed by atoms with Crippen molar-refractivity contribution in [1.29, 1.82) is 0 Å². The Morgan fingerprint density at radius 1 is 0.903 bits per heavy atom. The molecule has 0 unspecified atom stereocenters.